The molecule has 2 heterocycles. The maximum absolute atomic E-state index is 12.6. The van der Waals surface area contributed by atoms with E-state index in [-0.39, 0.29) is 30.2 Å². The van der Waals surface area contributed by atoms with Crippen LogP contribution in [0.1, 0.15) is 12.8 Å². The van der Waals surface area contributed by atoms with Crippen LogP contribution in [0.25, 0.3) is 11.3 Å². The SMILES string of the molecule is CN(C(=O)n1cnc(-c2cccc([N+](=O)[O-])c2)c1)C1CCNCC1.Cl. The lowest BCUT2D eigenvalue weighted by atomic mass is 10.1. The number of hydrogen-bond acceptors (Lipinski definition) is 5. The number of non-ortho nitro benzene ring substituents is 1. The van der Waals surface area contributed by atoms with E-state index < -0.39 is 4.92 Å². The van der Waals surface area contributed by atoms with E-state index >= 15 is 0 Å². The summed E-state index contributed by atoms with van der Waals surface area (Å²) in [6, 6.07) is 6.29. The zero-order valence-corrected chi connectivity index (χ0v) is 14.6. The van der Waals surface area contributed by atoms with Crippen LogP contribution in [0, 0.1) is 10.1 Å². The third kappa shape index (κ3) is 4.15. The van der Waals surface area contributed by atoms with Crippen molar-refractivity contribution in [2.45, 2.75) is 18.9 Å². The van der Waals surface area contributed by atoms with E-state index in [0.29, 0.717) is 11.3 Å². The minimum Gasteiger partial charge on any atom is -0.324 e. The zero-order valence-electron chi connectivity index (χ0n) is 13.8. The highest BCUT2D eigenvalue weighted by molar-refractivity contribution is 5.85. The predicted molar refractivity (Wildman–Crippen MR) is 96.0 cm³/mol. The molecule has 0 unspecified atom stereocenters. The van der Waals surface area contributed by atoms with Crippen LogP contribution in [0.4, 0.5) is 10.5 Å². The Labute approximate surface area is 151 Å². The molecular formula is C16H20ClN5O3. The quantitative estimate of drug-likeness (QED) is 0.666. The van der Waals surface area contributed by atoms with Crippen molar-refractivity contribution in [1.82, 2.24) is 19.8 Å². The summed E-state index contributed by atoms with van der Waals surface area (Å²) in [5, 5.41) is 14.2. The number of carbonyl (C=O) groups is 1. The molecule has 25 heavy (non-hydrogen) atoms. The summed E-state index contributed by atoms with van der Waals surface area (Å²) in [5.41, 5.74) is 1.14. The van der Waals surface area contributed by atoms with Gasteiger partial charge in [-0.25, -0.2) is 9.78 Å². The van der Waals surface area contributed by atoms with Crippen LogP contribution in [0.3, 0.4) is 0 Å². The van der Waals surface area contributed by atoms with Crippen LogP contribution in [0.15, 0.2) is 36.8 Å². The predicted octanol–water partition coefficient (Wildman–Crippen LogP) is 2.53. The molecule has 0 radical (unpaired) electrons. The number of carbonyl (C=O) groups excluding carboxylic acids is 1. The van der Waals surface area contributed by atoms with Crippen LogP contribution in [-0.2, 0) is 0 Å². The van der Waals surface area contributed by atoms with Gasteiger partial charge in [0, 0.05) is 37.0 Å². The number of piperidine rings is 1. The summed E-state index contributed by atoms with van der Waals surface area (Å²) in [6.45, 7) is 1.82. The van der Waals surface area contributed by atoms with Gasteiger partial charge in [0.05, 0.1) is 10.6 Å². The molecular weight excluding hydrogens is 346 g/mol. The van der Waals surface area contributed by atoms with Gasteiger partial charge in [0.15, 0.2) is 0 Å². The molecule has 134 valence electrons. The first-order valence-corrected chi connectivity index (χ1v) is 7.83. The summed E-state index contributed by atoms with van der Waals surface area (Å²) >= 11 is 0. The third-order valence-electron chi connectivity index (χ3n) is 4.31. The molecule has 3 rings (SSSR count). The molecule has 0 atom stereocenters. The van der Waals surface area contributed by atoms with Crippen LogP contribution >= 0.6 is 12.4 Å². The minimum absolute atomic E-state index is 0. The summed E-state index contributed by atoms with van der Waals surface area (Å²) in [4.78, 5) is 29.0. The molecule has 9 heteroatoms. The van der Waals surface area contributed by atoms with Crippen LogP contribution in [0.5, 0.6) is 0 Å². The fourth-order valence-corrected chi connectivity index (χ4v) is 2.89. The van der Waals surface area contributed by atoms with E-state index in [4.69, 9.17) is 0 Å². The van der Waals surface area contributed by atoms with Crippen LogP contribution < -0.4 is 5.32 Å². The number of halogens is 1. The molecule has 0 saturated carbocycles. The van der Waals surface area contributed by atoms with E-state index in [0.717, 1.165) is 25.9 Å². The fourth-order valence-electron chi connectivity index (χ4n) is 2.89. The van der Waals surface area contributed by atoms with Gasteiger partial charge >= 0.3 is 6.03 Å². The monoisotopic (exact) mass is 365 g/mol. The number of nitro benzene ring substituents is 1. The number of hydrogen-bond donors (Lipinski definition) is 1. The van der Waals surface area contributed by atoms with Gasteiger partial charge in [0.1, 0.15) is 6.33 Å². The molecule has 1 N–H and O–H groups in total. The standard InChI is InChI=1S/C16H19N5O3.ClH/c1-19(13-5-7-17-8-6-13)16(22)20-10-15(18-11-20)12-3-2-4-14(9-12)21(23)24;/h2-4,9-11,13,17H,5-8H2,1H3;1H. The van der Waals surface area contributed by atoms with Crippen molar-refractivity contribution in [2.24, 2.45) is 0 Å². The van der Waals surface area contributed by atoms with Gasteiger partial charge in [-0.1, -0.05) is 12.1 Å². The van der Waals surface area contributed by atoms with Gasteiger partial charge in [-0.2, -0.15) is 0 Å². The van der Waals surface area contributed by atoms with Gasteiger partial charge in [0.25, 0.3) is 5.69 Å². The molecule has 0 aliphatic carbocycles. The Morgan fingerprint density at radius 2 is 2.12 bits per heavy atom. The van der Waals surface area contributed by atoms with Gasteiger partial charge in [-0.3, -0.25) is 14.7 Å². The largest absolute Gasteiger partial charge is 0.329 e. The lowest BCUT2D eigenvalue weighted by molar-refractivity contribution is -0.384. The van der Waals surface area contributed by atoms with Crippen molar-refractivity contribution in [2.75, 3.05) is 20.1 Å². The van der Waals surface area contributed by atoms with Crippen LogP contribution in [0.2, 0.25) is 0 Å². The molecule has 0 spiro atoms. The molecule has 1 saturated heterocycles. The maximum Gasteiger partial charge on any atom is 0.329 e. The normalized spacial score (nSPS) is 14.6. The number of imidazole rings is 1. The lowest BCUT2D eigenvalue weighted by Crippen LogP contribution is -2.45. The Morgan fingerprint density at radius 1 is 1.40 bits per heavy atom. The summed E-state index contributed by atoms with van der Waals surface area (Å²) in [7, 11) is 1.80. The molecule has 1 aliphatic rings. The average Bonchev–Trinajstić information content (AvgIpc) is 3.11. The fraction of sp³-hybridized carbons (Fsp3) is 0.375. The Hall–Kier alpha value is -2.45. The molecule has 1 aromatic carbocycles. The molecule has 0 bridgehead atoms. The Kier molecular flexibility index (Phi) is 6.11. The highest BCUT2D eigenvalue weighted by Crippen LogP contribution is 2.22. The maximum atomic E-state index is 12.6. The average molecular weight is 366 g/mol. The minimum atomic E-state index is -0.448. The van der Waals surface area contributed by atoms with E-state index in [1.807, 2.05) is 0 Å². The summed E-state index contributed by atoms with van der Waals surface area (Å²) < 4.78 is 1.43. The third-order valence-corrected chi connectivity index (χ3v) is 4.31. The first-order chi connectivity index (χ1) is 11.6. The number of rotatable bonds is 3. The van der Waals surface area contributed by atoms with Crippen molar-refractivity contribution < 1.29 is 9.72 Å². The first-order valence-electron chi connectivity index (χ1n) is 7.83. The molecule has 1 aromatic heterocycles. The van der Waals surface area contributed by atoms with Gasteiger partial charge in [-0.15, -0.1) is 12.4 Å². The van der Waals surface area contributed by atoms with E-state index in [9.17, 15) is 14.9 Å². The zero-order chi connectivity index (χ0) is 17.1. The molecule has 2 aromatic rings. The van der Waals surface area contributed by atoms with Crippen molar-refractivity contribution in [3.8, 4) is 11.3 Å². The summed E-state index contributed by atoms with van der Waals surface area (Å²) in [6.07, 6.45) is 4.91. The van der Waals surface area contributed by atoms with E-state index in [1.54, 1.807) is 30.3 Å². The van der Waals surface area contributed by atoms with Gasteiger partial charge < -0.3 is 10.2 Å². The van der Waals surface area contributed by atoms with Crippen molar-refractivity contribution >= 4 is 24.1 Å². The Bertz CT molecular complexity index is 758. The highest BCUT2D eigenvalue weighted by Gasteiger charge is 2.23. The molecule has 1 fully saturated rings. The van der Waals surface area contributed by atoms with Crippen LogP contribution in [-0.4, -0.2) is 51.6 Å². The number of nitrogens with one attached hydrogen (secondary N) is 1. The van der Waals surface area contributed by atoms with E-state index in [2.05, 4.69) is 10.3 Å². The second kappa shape index (κ2) is 8.09. The van der Waals surface area contributed by atoms with Crippen molar-refractivity contribution in [3.05, 3.63) is 46.9 Å². The van der Waals surface area contributed by atoms with Crippen molar-refractivity contribution in [1.29, 1.82) is 0 Å². The molecule has 1 aliphatic heterocycles. The second-order valence-electron chi connectivity index (χ2n) is 5.85. The van der Waals surface area contributed by atoms with Gasteiger partial charge in [0.2, 0.25) is 0 Å². The first kappa shape index (κ1) is 18.9. The topological polar surface area (TPSA) is 93.3 Å². The number of aromatic nitrogens is 2. The number of benzene rings is 1. The Morgan fingerprint density at radius 3 is 2.80 bits per heavy atom. The number of nitrogens with zero attached hydrogens (tertiary/aromatic N) is 4. The second-order valence-corrected chi connectivity index (χ2v) is 5.85. The highest BCUT2D eigenvalue weighted by atomic mass is 35.5. The molecule has 8 nitrogen and oxygen atoms in total. The number of nitro groups is 1. The van der Waals surface area contributed by atoms with Gasteiger partial charge in [-0.05, 0) is 25.9 Å². The number of amides is 1. The summed E-state index contributed by atoms with van der Waals surface area (Å²) in [5.74, 6) is 0. The van der Waals surface area contributed by atoms with E-state index in [1.165, 1.54) is 23.0 Å². The smallest absolute Gasteiger partial charge is 0.324 e. The molecule has 1 amide bonds. The Balaban J connectivity index is 0.00000225. The van der Waals surface area contributed by atoms with Crippen molar-refractivity contribution in [3.63, 3.8) is 0 Å². The lowest BCUT2D eigenvalue weighted by Gasteiger charge is -2.31.